The molecule has 0 aliphatic heterocycles. The van der Waals surface area contributed by atoms with Gasteiger partial charge in [0.1, 0.15) is 22.7 Å². The summed E-state index contributed by atoms with van der Waals surface area (Å²) in [6, 6.07) is 4.36. The quantitative estimate of drug-likeness (QED) is 0.508. The van der Waals surface area contributed by atoms with Crippen molar-refractivity contribution in [3.05, 3.63) is 40.5 Å². The number of hydrogen-bond acceptors (Lipinski definition) is 7. The summed E-state index contributed by atoms with van der Waals surface area (Å²) in [6.45, 7) is 0. The lowest BCUT2D eigenvalue weighted by Gasteiger charge is -2.03. The molecular weight excluding hydrogens is 312 g/mol. The fraction of sp³-hybridized carbons (Fsp3) is 0.188. The fourth-order valence-corrected chi connectivity index (χ4v) is 4.05. The summed E-state index contributed by atoms with van der Waals surface area (Å²) in [5.74, 6) is 0.669. The van der Waals surface area contributed by atoms with Crippen molar-refractivity contribution in [3.63, 3.8) is 0 Å². The Balaban J connectivity index is 1.64. The Morgan fingerprint density at radius 1 is 1.22 bits per heavy atom. The zero-order valence-corrected chi connectivity index (χ0v) is 13.0. The summed E-state index contributed by atoms with van der Waals surface area (Å²) >= 11 is 1.72. The molecule has 2 heterocycles. The third-order valence-corrected chi connectivity index (χ3v) is 5.09. The highest BCUT2D eigenvalue weighted by Crippen LogP contribution is 2.38. The van der Waals surface area contributed by atoms with Crippen LogP contribution in [0, 0.1) is 0 Å². The van der Waals surface area contributed by atoms with Crippen LogP contribution in [0.2, 0.25) is 0 Å². The minimum atomic E-state index is -0.0280. The number of benzene rings is 1. The molecule has 116 valence electrons. The number of aromatic nitrogens is 2. The smallest absolute Gasteiger partial charge is 0.158 e. The maximum absolute atomic E-state index is 9.75. The molecule has 0 atom stereocenters. The molecule has 3 N–H and O–H groups in total. The van der Waals surface area contributed by atoms with Gasteiger partial charge in [0.05, 0.1) is 11.6 Å². The Bertz CT molecular complexity index is 920. The Morgan fingerprint density at radius 3 is 3.00 bits per heavy atom. The number of aryl methyl sites for hydroxylation is 2. The number of rotatable bonds is 3. The highest BCUT2D eigenvalue weighted by atomic mass is 32.1. The molecule has 2 aromatic heterocycles. The van der Waals surface area contributed by atoms with Crippen LogP contribution in [0.25, 0.3) is 10.2 Å². The van der Waals surface area contributed by atoms with Gasteiger partial charge in [-0.1, -0.05) is 0 Å². The van der Waals surface area contributed by atoms with Gasteiger partial charge in [-0.15, -0.1) is 11.3 Å². The van der Waals surface area contributed by atoms with E-state index in [1.807, 2.05) is 0 Å². The number of aromatic hydroxyl groups is 2. The summed E-state index contributed by atoms with van der Waals surface area (Å²) in [6.07, 6.45) is 6.37. The number of nitrogens with one attached hydrogen (secondary N) is 1. The zero-order valence-electron chi connectivity index (χ0n) is 12.2. The Kier molecular flexibility index (Phi) is 3.34. The highest BCUT2D eigenvalue weighted by molar-refractivity contribution is 7.19. The van der Waals surface area contributed by atoms with E-state index in [2.05, 4.69) is 20.5 Å². The lowest BCUT2D eigenvalue weighted by Crippen LogP contribution is -1.96. The van der Waals surface area contributed by atoms with Gasteiger partial charge in [-0.2, -0.15) is 5.10 Å². The van der Waals surface area contributed by atoms with Gasteiger partial charge >= 0.3 is 0 Å². The van der Waals surface area contributed by atoms with E-state index in [4.69, 9.17) is 0 Å². The van der Waals surface area contributed by atoms with Crippen LogP contribution in [0.5, 0.6) is 11.5 Å². The van der Waals surface area contributed by atoms with Crippen molar-refractivity contribution in [2.45, 2.75) is 19.3 Å². The number of nitrogens with zero attached hydrogens (tertiary/aromatic N) is 3. The van der Waals surface area contributed by atoms with E-state index in [1.54, 1.807) is 17.4 Å². The van der Waals surface area contributed by atoms with Crippen molar-refractivity contribution < 1.29 is 10.2 Å². The van der Waals surface area contributed by atoms with E-state index in [0.29, 0.717) is 11.4 Å². The van der Waals surface area contributed by atoms with Crippen LogP contribution in [-0.2, 0) is 12.8 Å². The van der Waals surface area contributed by atoms with E-state index in [-0.39, 0.29) is 11.5 Å². The van der Waals surface area contributed by atoms with Crippen LogP contribution >= 0.6 is 11.3 Å². The first-order chi connectivity index (χ1) is 11.2. The molecule has 6 nitrogen and oxygen atoms in total. The van der Waals surface area contributed by atoms with Crippen LogP contribution < -0.4 is 5.43 Å². The number of anilines is 1. The molecule has 0 saturated heterocycles. The summed E-state index contributed by atoms with van der Waals surface area (Å²) < 4.78 is 0. The Morgan fingerprint density at radius 2 is 2.13 bits per heavy atom. The third kappa shape index (κ3) is 2.49. The maximum atomic E-state index is 9.75. The molecule has 0 radical (unpaired) electrons. The number of phenolic OH excluding ortho intramolecular Hbond substituents is 2. The molecule has 0 amide bonds. The lowest BCUT2D eigenvalue weighted by molar-refractivity contribution is 0.450. The monoisotopic (exact) mass is 326 g/mol. The van der Waals surface area contributed by atoms with E-state index >= 15 is 0 Å². The fourth-order valence-electron chi connectivity index (χ4n) is 2.82. The van der Waals surface area contributed by atoms with Crippen molar-refractivity contribution in [3.8, 4) is 11.5 Å². The van der Waals surface area contributed by atoms with E-state index in [9.17, 15) is 10.2 Å². The molecule has 0 saturated carbocycles. The third-order valence-electron chi connectivity index (χ3n) is 3.89. The zero-order chi connectivity index (χ0) is 15.8. The second kappa shape index (κ2) is 5.51. The number of fused-ring (bicyclic) bond motifs is 3. The SMILES string of the molecule is Oc1ccc(/C=N/Nc2ncnc3sc4c(c23)CCC4)c(O)c1. The van der Waals surface area contributed by atoms with Crippen molar-refractivity contribution in [2.24, 2.45) is 5.10 Å². The normalized spacial score (nSPS) is 13.7. The molecular formula is C16H14N4O2S. The molecule has 0 spiro atoms. The van der Waals surface area contributed by atoms with E-state index < -0.39 is 0 Å². The lowest BCUT2D eigenvalue weighted by atomic mass is 10.2. The predicted octanol–water partition coefficient (Wildman–Crippen LogP) is 3.04. The number of thiophene rings is 1. The first-order valence-corrected chi connectivity index (χ1v) is 8.10. The van der Waals surface area contributed by atoms with Gasteiger partial charge in [0, 0.05) is 16.5 Å². The highest BCUT2D eigenvalue weighted by Gasteiger charge is 2.20. The molecule has 0 unspecified atom stereocenters. The summed E-state index contributed by atoms with van der Waals surface area (Å²) in [4.78, 5) is 11.0. The molecule has 3 aromatic rings. The summed E-state index contributed by atoms with van der Waals surface area (Å²) in [5.41, 5.74) is 4.78. The average molecular weight is 326 g/mol. The van der Waals surface area contributed by atoms with Gasteiger partial charge < -0.3 is 10.2 Å². The molecule has 0 fully saturated rings. The van der Waals surface area contributed by atoms with Gasteiger partial charge in [0.25, 0.3) is 0 Å². The topological polar surface area (TPSA) is 90.6 Å². The molecule has 4 rings (SSSR count). The van der Waals surface area contributed by atoms with Crippen LogP contribution in [0.15, 0.2) is 29.6 Å². The first kappa shape index (κ1) is 14.0. The van der Waals surface area contributed by atoms with Crippen LogP contribution in [-0.4, -0.2) is 26.4 Å². The van der Waals surface area contributed by atoms with Crippen molar-refractivity contribution >= 4 is 33.6 Å². The van der Waals surface area contributed by atoms with Gasteiger partial charge in [-0.3, -0.25) is 5.43 Å². The van der Waals surface area contributed by atoms with Crippen LogP contribution in [0.3, 0.4) is 0 Å². The number of hydrazone groups is 1. The number of hydrogen-bond donors (Lipinski definition) is 3. The molecule has 1 aliphatic rings. The Labute approximate surface area is 136 Å². The molecule has 0 bridgehead atoms. The van der Waals surface area contributed by atoms with Gasteiger partial charge in [-0.25, -0.2) is 9.97 Å². The maximum Gasteiger partial charge on any atom is 0.158 e. The molecule has 7 heteroatoms. The van der Waals surface area contributed by atoms with Crippen LogP contribution in [0.1, 0.15) is 22.4 Å². The standard InChI is InChI=1S/C16H14N4O2S/c21-10-5-4-9(12(22)6-10)7-19-20-15-14-11-2-1-3-13(11)23-16(14)18-8-17-15/h4-8,21-22H,1-3H2,(H,17,18,20)/b19-7+. The van der Waals surface area contributed by atoms with Gasteiger partial charge in [0.15, 0.2) is 5.82 Å². The molecule has 23 heavy (non-hydrogen) atoms. The Hall–Kier alpha value is -2.67. The van der Waals surface area contributed by atoms with E-state index in [1.165, 1.54) is 41.5 Å². The summed E-state index contributed by atoms with van der Waals surface area (Å²) in [5, 5.41) is 24.2. The molecule has 1 aromatic carbocycles. The molecule has 1 aliphatic carbocycles. The van der Waals surface area contributed by atoms with Crippen molar-refractivity contribution in [1.29, 1.82) is 0 Å². The first-order valence-electron chi connectivity index (χ1n) is 7.28. The van der Waals surface area contributed by atoms with Gasteiger partial charge in [0.2, 0.25) is 0 Å². The number of phenols is 2. The minimum absolute atomic E-state index is 0.0129. The van der Waals surface area contributed by atoms with Crippen molar-refractivity contribution in [2.75, 3.05) is 5.43 Å². The largest absolute Gasteiger partial charge is 0.508 e. The minimum Gasteiger partial charge on any atom is -0.508 e. The predicted molar refractivity (Wildman–Crippen MR) is 90.4 cm³/mol. The summed E-state index contributed by atoms with van der Waals surface area (Å²) in [7, 11) is 0. The second-order valence-corrected chi connectivity index (χ2v) is 6.46. The van der Waals surface area contributed by atoms with E-state index in [0.717, 1.165) is 23.1 Å². The van der Waals surface area contributed by atoms with Crippen molar-refractivity contribution in [1.82, 2.24) is 9.97 Å². The van der Waals surface area contributed by atoms with Crippen LogP contribution in [0.4, 0.5) is 5.82 Å². The average Bonchev–Trinajstić information content (AvgIpc) is 3.10. The second-order valence-electron chi connectivity index (χ2n) is 5.37. The van der Waals surface area contributed by atoms with Gasteiger partial charge in [-0.05, 0) is 37.0 Å².